The quantitative estimate of drug-likeness (QED) is 0.0344. The lowest BCUT2D eigenvalue weighted by atomic mass is 10.0. The van der Waals surface area contributed by atoms with E-state index in [1.165, 1.54) is 205 Å². The third-order valence-corrected chi connectivity index (χ3v) is 13.4. The van der Waals surface area contributed by atoms with Gasteiger partial charge in [0.1, 0.15) is 13.2 Å². The van der Waals surface area contributed by atoms with Gasteiger partial charge in [-0.3, -0.25) is 14.4 Å². The monoisotopic (exact) mass is 919 g/mol. The summed E-state index contributed by atoms with van der Waals surface area (Å²) in [6.45, 7) is 13.8. The van der Waals surface area contributed by atoms with Crippen LogP contribution >= 0.6 is 0 Å². The van der Waals surface area contributed by atoms with Crippen LogP contribution in [-0.4, -0.2) is 37.2 Å². The molecule has 0 aromatic heterocycles. The highest BCUT2D eigenvalue weighted by atomic mass is 16.6. The summed E-state index contributed by atoms with van der Waals surface area (Å²) >= 11 is 0. The Morgan fingerprint density at radius 1 is 0.262 bits per heavy atom. The second kappa shape index (κ2) is 50.3. The van der Waals surface area contributed by atoms with Crippen molar-refractivity contribution < 1.29 is 28.6 Å². The van der Waals surface area contributed by atoms with Crippen molar-refractivity contribution in [1.82, 2.24) is 0 Å². The average Bonchev–Trinajstić information content (AvgIpc) is 3.26. The summed E-state index contributed by atoms with van der Waals surface area (Å²) < 4.78 is 16.9. The first-order valence-corrected chi connectivity index (χ1v) is 29.1. The maximum absolute atomic E-state index is 12.8. The molecule has 6 nitrogen and oxygen atoms in total. The van der Waals surface area contributed by atoms with Gasteiger partial charge in [0.25, 0.3) is 0 Å². The van der Waals surface area contributed by atoms with Crippen LogP contribution in [0, 0.1) is 17.8 Å². The van der Waals surface area contributed by atoms with Crippen molar-refractivity contribution in [1.29, 1.82) is 0 Å². The van der Waals surface area contributed by atoms with Crippen molar-refractivity contribution in [2.45, 2.75) is 330 Å². The van der Waals surface area contributed by atoms with Crippen LogP contribution in [-0.2, 0) is 28.6 Å². The number of carbonyl (C=O) groups is 3. The minimum absolute atomic E-state index is 0.0635. The predicted molar refractivity (Wildman–Crippen MR) is 279 cm³/mol. The van der Waals surface area contributed by atoms with Crippen LogP contribution in [0.15, 0.2) is 0 Å². The first-order chi connectivity index (χ1) is 31.6. The fourth-order valence-electron chi connectivity index (χ4n) is 9.00. The maximum Gasteiger partial charge on any atom is 0.306 e. The predicted octanol–water partition coefficient (Wildman–Crippen LogP) is 19.1. The lowest BCUT2D eigenvalue weighted by molar-refractivity contribution is -0.167. The maximum atomic E-state index is 12.8. The molecule has 6 heteroatoms. The molecule has 0 unspecified atom stereocenters. The molecule has 386 valence electrons. The molecule has 0 aromatic rings. The molecule has 0 heterocycles. The van der Waals surface area contributed by atoms with E-state index in [1.807, 2.05) is 0 Å². The van der Waals surface area contributed by atoms with E-state index in [0.717, 1.165) is 75.5 Å². The molecule has 0 radical (unpaired) electrons. The zero-order valence-corrected chi connectivity index (χ0v) is 44.8. The molecule has 0 bridgehead atoms. The van der Waals surface area contributed by atoms with Gasteiger partial charge < -0.3 is 14.2 Å². The number of esters is 3. The highest BCUT2D eigenvalue weighted by Gasteiger charge is 2.19. The minimum atomic E-state index is -0.764. The first-order valence-electron chi connectivity index (χ1n) is 29.1. The van der Waals surface area contributed by atoms with Gasteiger partial charge in [-0.15, -0.1) is 0 Å². The number of unbranched alkanes of at least 4 members (excludes halogenated alkanes) is 35. The number of ether oxygens (including phenoxy) is 3. The van der Waals surface area contributed by atoms with E-state index >= 15 is 0 Å². The van der Waals surface area contributed by atoms with Crippen LogP contribution in [0.1, 0.15) is 324 Å². The number of hydrogen-bond acceptors (Lipinski definition) is 6. The summed E-state index contributed by atoms with van der Waals surface area (Å²) in [7, 11) is 0. The Labute approximate surface area is 406 Å². The summed E-state index contributed by atoms with van der Waals surface area (Å²) in [4.78, 5) is 38.1. The summed E-state index contributed by atoms with van der Waals surface area (Å²) in [5.74, 6) is 1.66. The highest BCUT2D eigenvalue weighted by molar-refractivity contribution is 5.71. The molecule has 0 aliphatic carbocycles. The number of rotatable bonds is 52. The molecular weight excluding hydrogens is 805 g/mol. The third-order valence-electron chi connectivity index (χ3n) is 13.4. The van der Waals surface area contributed by atoms with Crippen LogP contribution in [0.5, 0.6) is 0 Å². The Morgan fingerprint density at radius 3 is 0.662 bits per heavy atom. The summed E-state index contributed by atoms with van der Waals surface area (Å²) in [6.07, 6.45) is 52.4. The van der Waals surface area contributed by atoms with Gasteiger partial charge in [-0.25, -0.2) is 0 Å². The SMILES string of the molecule is CC(C)CCCCCCCCCCCCCCCCCC(=O)OC[C@@H](COC(=O)CCCCCCCCCCCCCC(C)C)OC(=O)CCCCCCCCCCCCCCC(C)C. The third kappa shape index (κ3) is 53.2. The van der Waals surface area contributed by atoms with Gasteiger partial charge in [-0.2, -0.15) is 0 Å². The van der Waals surface area contributed by atoms with Gasteiger partial charge in [-0.05, 0) is 37.0 Å². The standard InChI is InChI=1S/C59H114O6/c1-53(2)45-39-33-27-21-15-10-8-7-9-11-18-24-30-36-42-48-57(60)63-51-56(52-64-58(61)49-43-37-31-25-20-14-17-23-29-35-41-47-55(5)6)65-59(62)50-44-38-32-26-19-13-12-16-22-28-34-40-46-54(3)4/h53-56H,7-52H2,1-6H3/t56-/m0/s1. The van der Waals surface area contributed by atoms with Crippen molar-refractivity contribution in [3.8, 4) is 0 Å². The zero-order valence-electron chi connectivity index (χ0n) is 44.8. The Hall–Kier alpha value is -1.59. The molecule has 0 saturated carbocycles. The van der Waals surface area contributed by atoms with Gasteiger partial charge in [0, 0.05) is 19.3 Å². The van der Waals surface area contributed by atoms with Gasteiger partial charge >= 0.3 is 17.9 Å². The van der Waals surface area contributed by atoms with E-state index in [0.29, 0.717) is 19.3 Å². The lowest BCUT2D eigenvalue weighted by Crippen LogP contribution is -2.30. The smallest absolute Gasteiger partial charge is 0.306 e. The number of carbonyl (C=O) groups excluding carboxylic acids is 3. The van der Waals surface area contributed by atoms with Crippen molar-refractivity contribution in [2.75, 3.05) is 13.2 Å². The topological polar surface area (TPSA) is 78.9 Å². The molecule has 0 amide bonds. The van der Waals surface area contributed by atoms with Crippen molar-refractivity contribution in [3.63, 3.8) is 0 Å². The van der Waals surface area contributed by atoms with Crippen LogP contribution in [0.2, 0.25) is 0 Å². The van der Waals surface area contributed by atoms with Crippen molar-refractivity contribution in [3.05, 3.63) is 0 Å². The van der Waals surface area contributed by atoms with Gasteiger partial charge in [-0.1, -0.05) is 286 Å². The Bertz CT molecular complexity index is 1010. The second-order valence-electron chi connectivity index (χ2n) is 21.7. The minimum Gasteiger partial charge on any atom is -0.462 e. The zero-order chi connectivity index (χ0) is 47.7. The fourth-order valence-corrected chi connectivity index (χ4v) is 9.00. The van der Waals surface area contributed by atoms with Crippen LogP contribution in [0.3, 0.4) is 0 Å². The summed E-state index contributed by atoms with van der Waals surface area (Å²) in [5, 5.41) is 0. The van der Waals surface area contributed by atoms with E-state index in [-0.39, 0.29) is 31.1 Å². The lowest BCUT2D eigenvalue weighted by Gasteiger charge is -2.18. The van der Waals surface area contributed by atoms with Crippen LogP contribution in [0.4, 0.5) is 0 Å². The van der Waals surface area contributed by atoms with Crippen LogP contribution < -0.4 is 0 Å². The Balaban J connectivity index is 4.30. The van der Waals surface area contributed by atoms with E-state index in [1.54, 1.807) is 0 Å². The molecule has 0 aliphatic rings. The normalized spacial score (nSPS) is 12.1. The average molecular weight is 920 g/mol. The molecular formula is C59H114O6. The van der Waals surface area contributed by atoms with E-state index in [4.69, 9.17) is 14.2 Å². The molecule has 0 saturated heterocycles. The largest absolute Gasteiger partial charge is 0.462 e. The molecule has 0 rings (SSSR count). The molecule has 0 N–H and O–H groups in total. The van der Waals surface area contributed by atoms with Gasteiger partial charge in [0.2, 0.25) is 0 Å². The summed E-state index contributed by atoms with van der Waals surface area (Å²) in [5.41, 5.74) is 0. The van der Waals surface area contributed by atoms with Gasteiger partial charge in [0.05, 0.1) is 0 Å². The van der Waals surface area contributed by atoms with Crippen molar-refractivity contribution >= 4 is 17.9 Å². The highest BCUT2D eigenvalue weighted by Crippen LogP contribution is 2.18. The van der Waals surface area contributed by atoms with E-state index < -0.39 is 6.10 Å². The van der Waals surface area contributed by atoms with Gasteiger partial charge in [0.15, 0.2) is 6.10 Å². The molecule has 0 spiro atoms. The molecule has 1 atom stereocenters. The molecule has 65 heavy (non-hydrogen) atoms. The Kier molecular flexibility index (Phi) is 49.1. The molecule has 0 fully saturated rings. The van der Waals surface area contributed by atoms with Crippen LogP contribution in [0.25, 0.3) is 0 Å². The molecule has 0 aliphatic heterocycles. The fraction of sp³-hybridized carbons (Fsp3) is 0.949. The summed E-state index contributed by atoms with van der Waals surface area (Å²) in [6, 6.07) is 0. The molecule has 0 aromatic carbocycles. The van der Waals surface area contributed by atoms with Crippen molar-refractivity contribution in [2.24, 2.45) is 17.8 Å². The number of hydrogen-bond donors (Lipinski definition) is 0. The first kappa shape index (κ1) is 63.4. The van der Waals surface area contributed by atoms with E-state index in [9.17, 15) is 14.4 Å². The second-order valence-corrected chi connectivity index (χ2v) is 21.7. The van der Waals surface area contributed by atoms with E-state index in [2.05, 4.69) is 41.5 Å². The Morgan fingerprint density at radius 2 is 0.446 bits per heavy atom.